The minimum atomic E-state index is -0.489. The van der Waals surface area contributed by atoms with E-state index in [0.29, 0.717) is 17.2 Å². The van der Waals surface area contributed by atoms with E-state index in [1.807, 2.05) is 54.6 Å². The van der Waals surface area contributed by atoms with E-state index in [2.05, 4.69) is 0 Å². The molecule has 0 heterocycles. The van der Waals surface area contributed by atoms with Crippen molar-refractivity contribution in [1.29, 1.82) is 0 Å². The van der Waals surface area contributed by atoms with Gasteiger partial charge in [0.25, 0.3) is 0 Å². The van der Waals surface area contributed by atoms with Crippen molar-refractivity contribution in [2.24, 2.45) is 0 Å². The van der Waals surface area contributed by atoms with Gasteiger partial charge in [-0.25, -0.2) is 4.79 Å². The number of carbonyl (C=O) groups excluding carboxylic acids is 1. The van der Waals surface area contributed by atoms with Crippen molar-refractivity contribution in [1.82, 2.24) is 0 Å². The van der Waals surface area contributed by atoms with Crippen molar-refractivity contribution in [3.8, 4) is 28.4 Å². The molecule has 25 heavy (non-hydrogen) atoms. The van der Waals surface area contributed by atoms with Gasteiger partial charge in [0.15, 0.2) is 18.1 Å². The van der Waals surface area contributed by atoms with Gasteiger partial charge in [0.05, 0.1) is 7.11 Å². The Morgan fingerprint density at radius 2 is 1.36 bits per heavy atom. The zero-order valence-electron chi connectivity index (χ0n) is 13.8. The van der Waals surface area contributed by atoms with Crippen molar-refractivity contribution >= 4 is 5.97 Å². The van der Waals surface area contributed by atoms with E-state index in [9.17, 15) is 4.79 Å². The number of hydrogen-bond donors (Lipinski definition) is 0. The first-order chi connectivity index (χ1) is 12.3. The lowest BCUT2D eigenvalue weighted by molar-refractivity contribution is -0.136. The lowest BCUT2D eigenvalue weighted by Crippen LogP contribution is -2.18. The molecular weight excluding hydrogens is 316 g/mol. The maximum atomic E-state index is 11.9. The third kappa shape index (κ3) is 4.38. The summed E-state index contributed by atoms with van der Waals surface area (Å²) in [4.78, 5) is 11.9. The van der Waals surface area contributed by atoms with Crippen molar-refractivity contribution < 1.29 is 19.0 Å². The van der Waals surface area contributed by atoms with Crippen LogP contribution >= 0.6 is 0 Å². The van der Waals surface area contributed by atoms with Crippen LogP contribution in [0.15, 0.2) is 78.9 Å². The van der Waals surface area contributed by atoms with Gasteiger partial charge in [-0.05, 0) is 35.4 Å². The lowest BCUT2D eigenvalue weighted by atomic mass is 10.1. The molecule has 126 valence electrons. The van der Waals surface area contributed by atoms with Crippen molar-refractivity contribution in [2.45, 2.75) is 0 Å². The van der Waals surface area contributed by atoms with Crippen LogP contribution in [0.5, 0.6) is 17.2 Å². The summed E-state index contributed by atoms with van der Waals surface area (Å²) in [6, 6.07) is 24.6. The number of para-hydroxylation sites is 2. The average molecular weight is 334 g/mol. The fourth-order valence-electron chi connectivity index (χ4n) is 2.37. The number of methoxy groups -OCH3 is 1. The Bertz CT molecular complexity index is 826. The van der Waals surface area contributed by atoms with Gasteiger partial charge in [-0.3, -0.25) is 0 Å². The van der Waals surface area contributed by atoms with Gasteiger partial charge in [0.1, 0.15) is 5.75 Å². The molecule has 0 radical (unpaired) electrons. The van der Waals surface area contributed by atoms with Crippen molar-refractivity contribution in [2.75, 3.05) is 13.7 Å². The van der Waals surface area contributed by atoms with Crippen LogP contribution < -0.4 is 14.2 Å². The van der Waals surface area contributed by atoms with Crippen molar-refractivity contribution in [3.05, 3.63) is 78.9 Å². The van der Waals surface area contributed by atoms with Gasteiger partial charge in [-0.15, -0.1) is 0 Å². The molecule has 0 aromatic heterocycles. The van der Waals surface area contributed by atoms with Crippen LogP contribution in [0.1, 0.15) is 0 Å². The summed E-state index contributed by atoms with van der Waals surface area (Å²) in [7, 11) is 1.53. The average Bonchev–Trinajstić information content (AvgIpc) is 2.68. The summed E-state index contributed by atoms with van der Waals surface area (Å²) >= 11 is 0. The molecule has 0 aliphatic rings. The van der Waals surface area contributed by atoms with E-state index in [4.69, 9.17) is 14.2 Å². The van der Waals surface area contributed by atoms with Crippen LogP contribution in [0.25, 0.3) is 11.1 Å². The Balaban J connectivity index is 1.57. The highest BCUT2D eigenvalue weighted by molar-refractivity contribution is 5.74. The van der Waals surface area contributed by atoms with Gasteiger partial charge >= 0.3 is 5.97 Å². The maximum Gasteiger partial charge on any atom is 0.349 e. The first-order valence-electron chi connectivity index (χ1n) is 7.88. The molecule has 0 spiro atoms. The summed E-state index contributed by atoms with van der Waals surface area (Å²) in [5, 5.41) is 0. The first-order valence-corrected chi connectivity index (χ1v) is 7.88. The van der Waals surface area contributed by atoms with Crippen LogP contribution in [0, 0.1) is 0 Å². The van der Waals surface area contributed by atoms with E-state index in [0.717, 1.165) is 11.1 Å². The third-order valence-electron chi connectivity index (χ3n) is 3.61. The molecule has 0 saturated carbocycles. The number of hydrogen-bond acceptors (Lipinski definition) is 4. The summed E-state index contributed by atoms with van der Waals surface area (Å²) in [5.74, 6) is 0.995. The van der Waals surface area contributed by atoms with Crippen molar-refractivity contribution in [3.63, 3.8) is 0 Å². The Labute approximate surface area is 146 Å². The maximum absolute atomic E-state index is 11.9. The molecule has 3 aromatic rings. The Morgan fingerprint density at radius 1 is 0.760 bits per heavy atom. The molecule has 3 rings (SSSR count). The van der Waals surface area contributed by atoms with Crippen LogP contribution in [0.2, 0.25) is 0 Å². The van der Waals surface area contributed by atoms with Crippen LogP contribution in [0.3, 0.4) is 0 Å². The molecular formula is C21H18O4. The SMILES string of the molecule is COc1ccccc1OC(=O)COc1ccc(-c2ccccc2)cc1. The molecule has 0 aliphatic heterocycles. The number of esters is 1. The molecule has 0 bridgehead atoms. The largest absolute Gasteiger partial charge is 0.493 e. The predicted octanol–water partition coefficient (Wildman–Crippen LogP) is 4.35. The second-order valence-electron chi connectivity index (χ2n) is 5.30. The highest BCUT2D eigenvalue weighted by Crippen LogP contribution is 2.26. The standard InChI is InChI=1S/C21H18O4/c1-23-19-9-5-6-10-20(19)25-21(22)15-24-18-13-11-17(12-14-18)16-7-3-2-4-8-16/h2-14H,15H2,1H3. The Hall–Kier alpha value is -3.27. The van der Waals surface area contributed by atoms with Crippen LogP contribution in [0.4, 0.5) is 0 Å². The highest BCUT2D eigenvalue weighted by Gasteiger charge is 2.10. The van der Waals surface area contributed by atoms with E-state index in [1.54, 1.807) is 24.3 Å². The molecule has 0 aliphatic carbocycles. The molecule has 4 heteroatoms. The molecule has 0 fully saturated rings. The fraction of sp³-hybridized carbons (Fsp3) is 0.0952. The molecule has 0 amide bonds. The minimum absolute atomic E-state index is 0.178. The quantitative estimate of drug-likeness (QED) is 0.497. The molecule has 0 N–H and O–H groups in total. The van der Waals surface area contributed by atoms with E-state index in [-0.39, 0.29) is 6.61 Å². The molecule has 0 saturated heterocycles. The second kappa shape index (κ2) is 8.02. The minimum Gasteiger partial charge on any atom is -0.493 e. The lowest BCUT2D eigenvalue weighted by Gasteiger charge is -2.10. The second-order valence-corrected chi connectivity index (χ2v) is 5.30. The number of carbonyl (C=O) groups is 1. The van der Waals surface area contributed by atoms with Crippen LogP contribution in [-0.2, 0) is 4.79 Å². The monoisotopic (exact) mass is 334 g/mol. The summed E-state index contributed by atoms with van der Waals surface area (Å²) in [5.41, 5.74) is 2.22. The van der Waals surface area contributed by atoms with Gasteiger partial charge in [0, 0.05) is 0 Å². The van der Waals surface area contributed by atoms with Gasteiger partial charge in [-0.2, -0.15) is 0 Å². The number of ether oxygens (including phenoxy) is 3. The van der Waals surface area contributed by atoms with Gasteiger partial charge in [0.2, 0.25) is 0 Å². The summed E-state index contributed by atoms with van der Waals surface area (Å²) in [6.07, 6.45) is 0. The predicted molar refractivity (Wildman–Crippen MR) is 96.0 cm³/mol. The summed E-state index contributed by atoms with van der Waals surface area (Å²) < 4.78 is 15.9. The molecule has 0 unspecified atom stereocenters. The third-order valence-corrected chi connectivity index (χ3v) is 3.61. The van der Waals surface area contributed by atoms with E-state index < -0.39 is 5.97 Å². The molecule has 0 atom stereocenters. The van der Waals surface area contributed by atoms with Gasteiger partial charge in [-0.1, -0.05) is 54.6 Å². The Kier molecular flexibility index (Phi) is 5.32. The fourth-order valence-corrected chi connectivity index (χ4v) is 2.37. The highest BCUT2D eigenvalue weighted by atomic mass is 16.6. The summed E-state index contributed by atoms with van der Waals surface area (Å²) in [6.45, 7) is -0.178. The molecule has 3 aromatic carbocycles. The number of benzene rings is 3. The number of rotatable bonds is 6. The van der Waals surface area contributed by atoms with Gasteiger partial charge < -0.3 is 14.2 Å². The zero-order chi connectivity index (χ0) is 17.5. The molecule has 4 nitrogen and oxygen atoms in total. The topological polar surface area (TPSA) is 44.8 Å². The Morgan fingerprint density at radius 3 is 2.04 bits per heavy atom. The normalized spacial score (nSPS) is 10.1. The van der Waals surface area contributed by atoms with Crippen LogP contribution in [-0.4, -0.2) is 19.7 Å². The smallest absolute Gasteiger partial charge is 0.349 e. The zero-order valence-corrected chi connectivity index (χ0v) is 13.8. The van der Waals surface area contributed by atoms with E-state index in [1.165, 1.54) is 7.11 Å². The van der Waals surface area contributed by atoms with E-state index >= 15 is 0 Å². The first kappa shape index (κ1) is 16.6.